The highest BCUT2D eigenvalue weighted by atomic mass is 16.5. The third kappa shape index (κ3) is 6.05. The van der Waals surface area contributed by atoms with E-state index >= 15 is 0 Å². The highest BCUT2D eigenvalue weighted by molar-refractivity contribution is 5.96. The van der Waals surface area contributed by atoms with Crippen LogP contribution in [0.2, 0.25) is 0 Å². The number of nitrogens with one attached hydrogen (secondary N) is 2. The number of hydrogen-bond acceptors (Lipinski definition) is 4. The Labute approximate surface area is 152 Å². The van der Waals surface area contributed by atoms with Crippen molar-refractivity contribution in [2.75, 3.05) is 11.9 Å². The van der Waals surface area contributed by atoms with Gasteiger partial charge in [0.25, 0.3) is 5.91 Å². The van der Waals surface area contributed by atoms with Crippen LogP contribution in [0.25, 0.3) is 0 Å². The van der Waals surface area contributed by atoms with Crippen LogP contribution in [0.3, 0.4) is 0 Å². The molecule has 2 aromatic rings. The third-order valence-electron chi connectivity index (χ3n) is 3.72. The molecule has 0 aliphatic carbocycles. The normalized spacial score (nSPS) is 11.3. The summed E-state index contributed by atoms with van der Waals surface area (Å²) in [6, 6.07) is 16.5. The number of carbonyl (C=O) groups is 3. The van der Waals surface area contributed by atoms with Crippen molar-refractivity contribution in [2.45, 2.75) is 26.4 Å². The smallest absolute Gasteiger partial charge is 0.326 e. The van der Waals surface area contributed by atoms with Gasteiger partial charge in [0, 0.05) is 5.69 Å². The van der Waals surface area contributed by atoms with Gasteiger partial charge < -0.3 is 15.4 Å². The lowest BCUT2D eigenvalue weighted by atomic mass is 10.1. The molecule has 1 unspecified atom stereocenters. The Hall–Kier alpha value is -3.15. The van der Waals surface area contributed by atoms with E-state index in [1.165, 1.54) is 6.92 Å². The number of anilines is 1. The van der Waals surface area contributed by atoms with Gasteiger partial charge in [0.05, 0.1) is 6.42 Å². The van der Waals surface area contributed by atoms with Gasteiger partial charge in [-0.05, 0) is 31.0 Å². The van der Waals surface area contributed by atoms with E-state index in [0.717, 1.165) is 11.1 Å². The van der Waals surface area contributed by atoms with Crippen molar-refractivity contribution in [1.82, 2.24) is 5.32 Å². The second-order valence-corrected chi connectivity index (χ2v) is 5.88. The summed E-state index contributed by atoms with van der Waals surface area (Å²) in [5.74, 6) is -1.38. The van der Waals surface area contributed by atoms with E-state index in [2.05, 4.69) is 10.6 Å². The van der Waals surface area contributed by atoms with Crippen molar-refractivity contribution in [3.05, 3.63) is 65.7 Å². The van der Waals surface area contributed by atoms with E-state index in [4.69, 9.17) is 4.74 Å². The lowest BCUT2D eigenvalue weighted by Gasteiger charge is -2.15. The standard InChI is InChI=1S/C20H22N2O4/c1-14-8-6-7-11-17(14)22-20(25)15(2)26-19(24)13-21-18(23)12-16-9-4-3-5-10-16/h3-11,15H,12-13H2,1-2H3,(H,21,23)(H,22,25). The van der Waals surface area contributed by atoms with Crippen molar-refractivity contribution in [2.24, 2.45) is 0 Å². The van der Waals surface area contributed by atoms with Crippen LogP contribution in [-0.2, 0) is 25.5 Å². The highest BCUT2D eigenvalue weighted by Crippen LogP contribution is 2.13. The molecule has 0 radical (unpaired) electrons. The van der Waals surface area contributed by atoms with Crippen LogP contribution >= 0.6 is 0 Å². The van der Waals surface area contributed by atoms with E-state index in [9.17, 15) is 14.4 Å². The minimum absolute atomic E-state index is 0.178. The van der Waals surface area contributed by atoms with E-state index in [0.29, 0.717) is 5.69 Å². The fraction of sp³-hybridized carbons (Fsp3) is 0.250. The first-order valence-electron chi connectivity index (χ1n) is 8.32. The summed E-state index contributed by atoms with van der Waals surface area (Å²) in [4.78, 5) is 35.7. The van der Waals surface area contributed by atoms with E-state index in [-0.39, 0.29) is 18.9 Å². The van der Waals surface area contributed by atoms with Gasteiger partial charge in [0.15, 0.2) is 6.10 Å². The Morgan fingerprint density at radius 3 is 2.35 bits per heavy atom. The molecule has 2 N–H and O–H groups in total. The lowest BCUT2D eigenvalue weighted by molar-refractivity contribution is -0.152. The van der Waals surface area contributed by atoms with Gasteiger partial charge in [-0.15, -0.1) is 0 Å². The molecular formula is C20H22N2O4. The van der Waals surface area contributed by atoms with Crippen molar-refractivity contribution >= 4 is 23.5 Å². The predicted molar refractivity (Wildman–Crippen MR) is 98.5 cm³/mol. The van der Waals surface area contributed by atoms with Crippen molar-refractivity contribution < 1.29 is 19.1 Å². The minimum atomic E-state index is -0.965. The van der Waals surface area contributed by atoms with Crippen molar-refractivity contribution in [3.63, 3.8) is 0 Å². The topological polar surface area (TPSA) is 84.5 Å². The maximum atomic E-state index is 12.1. The summed E-state index contributed by atoms with van der Waals surface area (Å²) in [5, 5.41) is 5.20. The summed E-state index contributed by atoms with van der Waals surface area (Å²) in [6.07, 6.45) is -0.787. The molecule has 0 fully saturated rings. The average molecular weight is 354 g/mol. The highest BCUT2D eigenvalue weighted by Gasteiger charge is 2.18. The molecule has 1 atom stereocenters. The van der Waals surface area contributed by atoms with Crippen LogP contribution in [0.1, 0.15) is 18.1 Å². The minimum Gasteiger partial charge on any atom is -0.451 e. The average Bonchev–Trinajstić information content (AvgIpc) is 2.62. The summed E-state index contributed by atoms with van der Waals surface area (Å²) in [7, 11) is 0. The summed E-state index contributed by atoms with van der Waals surface area (Å²) in [5.41, 5.74) is 2.42. The molecule has 26 heavy (non-hydrogen) atoms. The summed E-state index contributed by atoms with van der Waals surface area (Å²) >= 11 is 0. The van der Waals surface area contributed by atoms with Crippen LogP contribution in [0.15, 0.2) is 54.6 Å². The first-order valence-corrected chi connectivity index (χ1v) is 8.32. The van der Waals surface area contributed by atoms with Gasteiger partial charge >= 0.3 is 5.97 Å². The molecule has 0 saturated carbocycles. The molecule has 0 heterocycles. The van der Waals surface area contributed by atoms with Gasteiger partial charge in [-0.25, -0.2) is 0 Å². The Balaban J connectivity index is 1.75. The molecule has 0 bridgehead atoms. The summed E-state index contributed by atoms with van der Waals surface area (Å²) < 4.78 is 5.06. The molecular weight excluding hydrogens is 332 g/mol. The van der Waals surface area contributed by atoms with Crippen LogP contribution in [0.5, 0.6) is 0 Å². The number of ether oxygens (including phenoxy) is 1. The number of esters is 1. The Morgan fingerprint density at radius 2 is 1.65 bits per heavy atom. The number of amides is 2. The molecule has 0 aliphatic heterocycles. The number of aryl methyl sites for hydroxylation is 1. The van der Waals surface area contributed by atoms with Gasteiger partial charge in [0.1, 0.15) is 6.54 Å². The number of carbonyl (C=O) groups excluding carboxylic acids is 3. The van der Waals surface area contributed by atoms with E-state index < -0.39 is 18.0 Å². The number of rotatable bonds is 7. The quantitative estimate of drug-likeness (QED) is 0.747. The Morgan fingerprint density at radius 1 is 1.00 bits per heavy atom. The van der Waals surface area contributed by atoms with Gasteiger partial charge in [-0.1, -0.05) is 48.5 Å². The largest absolute Gasteiger partial charge is 0.451 e. The second-order valence-electron chi connectivity index (χ2n) is 5.88. The number of benzene rings is 2. The SMILES string of the molecule is Cc1ccccc1NC(=O)C(C)OC(=O)CNC(=O)Cc1ccccc1. The molecule has 6 nitrogen and oxygen atoms in total. The molecule has 2 rings (SSSR count). The van der Waals surface area contributed by atoms with Crippen LogP contribution < -0.4 is 10.6 Å². The van der Waals surface area contributed by atoms with Crippen LogP contribution in [-0.4, -0.2) is 30.4 Å². The Bertz CT molecular complexity index is 774. The monoisotopic (exact) mass is 354 g/mol. The molecule has 0 aliphatic rings. The maximum Gasteiger partial charge on any atom is 0.326 e. The van der Waals surface area contributed by atoms with Crippen LogP contribution in [0, 0.1) is 6.92 Å². The molecule has 0 aromatic heterocycles. The first kappa shape index (κ1) is 19.2. The third-order valence-corrected chi connectivity index (χ3v) is 3.72. The number of para-hydroxylation sites is 1. The molecule has 2 amide bonds. The fourth-order valence-corrected chi connectivity index (χ4v) is 2.25. The number of hydrogen-bond donors (Lipinski definition) is 2. The van der Waals surface area contributed by atoms with Gasteiger partial charge in [-0.3, -0.25) is 14.4 Å². The van der Waals surface area contributed by atoms with Gasteiger partial charge in [0.2, 0.25) is 5.91 Å². The van der Waals surface area contributed by atoms with Crippen molar-refractivity contribution in [1.29, 1.82) is 0 Å². The van der Waals surface area contributed by atoms with Crippen LogP contribution in [0.4, 0.5) is 5.69 Å². The second kappa shape index (κ2) is 9.36. The van der Waals surface area contributed by atoms with Gasteiger partial charge in [-0.2, -0.15) is 0 Å². The molecule has 136 valence electrons. The Kier molecular flexibility index (Phi) is 6.91. The zero-order valence-corrected chi connectivity index (χ0v) is 14.8. The first-order chi connectivity index (χ1) is 12.5. The zero-order valence-electron chi connectivity index (χ0n) is 14.8. The maximum absolute atomic E-state index is 12.1. The fourth-order valence-electron chi connectivity index (χ4n) is 2.25. The molecule has 6 heteroatoms. The lowest BCUT2D eigenvalue weighted by Crippen LogP contribution is -2.36. The molecule has 0 saturated heterocycles. The summed E-state index contributed by atoms with van der Waals surface area (Å²) in [6.45, 7) is 3.07. The van der Waals surface area contributed by atoms with E-state index in [1.807, 2.05) is 55.5 Å². The van der Waals surface area contributed by atoms with E-state index in [1.54, 1.807) is 6.07 Å². The van der Waals surface area contributed by atoms with Crippen molar-refractivity contribution in [3.8, 4) is 0 Å². The zero-order chi connectivity index (χ0) is 18.9. The molecule has 0 spiro atoms. The molecule has 2 aromatic carbocycles. The predicted octanol–water partition coefficient (Wildman–Crippen LogP) is 2.22.